The van der Waals surface area contributed by atoms with Crippen LogP contribution in [0, 0.1) is 3.57 Å². The monoisotopic (exact) mass is 505 g/mol. The standard InChI is InChI=1S/C15H10Br2INO/c16-9-5-6-12(18)10(7-9)11(17)8-15-19-13-3-1-2-4-14(13)20-15/h1-7,11H,8H2. The van der Waals surface area contributed by atoms with Crippen LogP contribution in [-0.2, 0) is 6.42 Å². The topological polar surface area (TPSA) is 26.0 Å². The molecule has 20 heavy (non-hydrogen) atoms. The first kappa shape index (κ1) is 14.5. The van der Waals surface area contributed by atoms with Gasteiger partial charge in [0, 0.05) is 19.3 Å². The maximum Gasteiger partial charge on any atom is 0.196 e. The molecule has 102 valence electrons. The van der Waals surface area contributed by atoms with Crippen LogP contribution in [0.5, 0.6) is 0 Å². The molecule has 0 amide bonds. The zero-order valence-electron chi connectivity index (χ0n) is 10.3. The Morgan fingerprint density at radius 2 is 2.00 bits per heavy atom. The largest absolute Gasteiger partial charge is 0.441 e. The molecule has 2 nitrogen and oxygen atoms in total. The van der Waals surface area contributed by atoms with E-state index in [1.54, 1.807) is 0 Å². The molecule has 1 unspecified atom stereocenters. The van der Waals surface area contributed by atoms with Gasteiger partial charge in [-0.25, -0.2) is 4.98 Å². The Hall–Kier alpha value is -0.400. The Balaban J connectivity index is 1.88. The van der Waals surface area contributed by atoms with Crippen LogP contribution in [-0.4, -0.2) is 4.98 Å². The average molecular weight is 507 g/mol. The van der Waals surface area contributed by atoms with E-state index in [1.807, 2.05) is 30.3 Å². The molecule has 3 aromatic rings. The lowest BCUT2D eigenvalue weighted by Gasteiger charge is -2.10. The van der Waals surface area contributed by atoms with Crippen molar-refractivity contribution in [2.24, 2.45) is 0 Å². The van der Waals surface area contributed by atoms with Crippen LogP contribution < -0.4 is 0 Å². The van der Waals surface area contributed by atoms with Crippen LogP contribution in [0.3, 0.4) is 0 Å². The molecule has 1 aromatic heterocycles. The summed E-state index contributed by atoms with van der Waals surface area (Å²) in [5, 5.41) is 0. The molecule has 0 spiro atoms. The van der Waals surface area contributed by atoms with Crippen molar-refractivity contribution < 1.29 is 4.42 Å². The van der Waals surface area contributed by atoms with Gasteiger partial charge in [0.15, 0.2) is 11.5 Å². The summed E-state index contributed by atoms with van der Waals surface area (Å²) in [6, 6.07) is 14.1. The Labute approximate surface area is 147 Å². The predicted molar refractivity (Wildman–Crippen MR) is 96.2 cm³/mol. The first-order valence-electron chi connectivity index (χ1n) is 6.07. The number of alkyl halides is 1. The molecule has 0 aliphatic rings. The van der Waals surface area contributed by atoms with Crippen molar-refractivity contribution in [1.82, 2.24) is 4.98 Å². The summed E-state index contributed by atoms with van der Waals surface area (Å²) in [5.74, 6) is 0.754. The first-order valence-corrected chi connectivity index (χ1v) is 8.85. The van der Waals surface area contributed by atoms with E-state index in [2.05, 4.69) is 71.6 Å². The van der Waals surface area contributed by atoms with Crippen molar-refractivity contribution >= 4 is 65.6 Å². The van der Waals surface area contributed by atoms with Gasteiger partial charge in [0.05, 0.1) is 0 Å². The fraction of sp³-hybridized carbons (Fsp3) is 0.133. The van der Waals surface area contributed by atoms with Crippen molar-refractivity contribution in [3.05, 3.63) is 62.0 Å². The minimum Gasteiger partial charge on any atom is -0.441 e. The second kappa shape index (κ2) is 6.15. The molecule has 0 aliphatic carbocycles. The van der Waals surface area contributed by atoms with E-state index in [0.29, 0.717) is 0 Å². The first-order chi connectivity index (χ1) is 9.63. The minimum atomic E-state index is 0.181. The Kier molecular flexibility index (Phi) is 4.47. The van der Waals surface area contributed by atoms with Crippen molar-refractivity contribution in [3.63, 3.8) is 0 Å². The van der Waals surface area contributed by atoms with Crippen molar-refractivity contribution in [3.8, 4) is 0 Å². The van der Waals surface area contributed by atoms with Crippen LogP contribution >= 0.6 is 54.5 Å². The van der Waals surface area contributed by atoms with Crippen LogP contribution in [0.25, 0.3) is 11.1 Å². The smallest absolute Gasteiger partial charge is 0.196 e. The van der Waals surface area contributed by atoms with Gasteiger partial charge in [0.25, 0.3) is 0 Å². The Morgan fingerprint density at radius 3 is 2.80 bits per heavy atom. The van der Waals surface area contributed by atoms with Crippen LogP contribution in [0.2, 0.25) is 0 Å². The van der Waals surface area contributed by atoms with E-state index in [0.717, 1.165) is 27.9 Å². The lowest BCUT2D eigenvalue weighted by molar-refractivity contribution is 0.527. The molecule has 5 heteroatoms. The van der Waals surface area contributed by atoms with Gasteiger partial charge in [0.1, 0.15) is 5.52 Å². The minimum absolute atomic E-state index is 0.181. The molecule has 3 rings (SSSR count). The number of hydrogen-bond donors (Lipinski definition) is 0. The molecule has 2 aromatic carbocycles. The zero-order valence-corrected chi connectivity index (χ0v) is 15.6. The second-order valence-electron chi connectivity index (χ2n) is 4.41. The molecular formula is C15H10Br2INO. The normalized spacial score (nSPS) is 12.8. The summed E-state index contributed by atoms with van der Waals surface area (Å²) in [6.07, 6.45) is 0.723. The summed E-state index contributed by atoms with van der Waals surface area (Å²) in [5.41, 5.74) is 2.99. The van der Waals surface area contributed by atoms with Crippen LogP contribution in [0.1, 0.15) is 16.3 Å². The molecule has 0 N–H and O–H groups in total. The summed E-state index contributed by atoms with van der Waals surface area (Å²) >= 11 is 9.60. The fourth-order valence-corrected chi connectivity index (χ4v) is 4.20. The van der Waals surface area contributed by atoms with Gasteiger partial charge < -0.3 is 4.42 Å². The van der Waals surface area contributed by atoms with E-state index < -0.39 is 0 Å². The quantitative estimate of drug-likeness (QED) is 0.328. The highest BCUT2D eigenvalue weighted by Crippen LogP contribution is 2.33. The van der Waals surface area contributed by atoms with Crippen molar-refractivity contribution in [2.45, 2.75) is 11.2 Å². The number of para-hydroxylation sites is 2. The number of nitrogens with zero attached hydrogens (tertiary/aromatic N) is 1. The SMILES string of the molecule is Brc1ccc(I)c(C(Br)Cc2nc3ccccc3o2)c1. The van der Waals surface area contributed by atoms with Gasteiger partial charge >= 0.3 is 0 Å². The molecule has 0 saturated carbocycles. The number of aromatic nitrogens is 1. The third-order valence-corrected chi connectivity index (χ3v) is 5.28. The van der Waals surface area contributed by atoms with Gasteiger partial charge in [0.2, 0.25) is 0 Å². The lowest BCUT2D eigenvalue weighted by atomic mass is 10.1. The number of benzene rings is 2. The molecule has 1 heterocycles. The summed E-state index contributed by atoms with van der Waals surface area (Å²) in [4.78, 5) is 4.70. The number of rotatable bonds is 3. The summed E-state index contributed by atoms with van der Waals surface area (Å²) in [7, 11) is 0. The Bertz CT molecular complexity index is 723. The highest BCUT2D eigenvalue weighted by molar-refractivity contribution is 14.1. The molecule has 0 bridgehead atoms. The number of hydrogen-bond acceptors (Lipinski definition) is 2. The van der Waals surface area contributed by atoms with Crippen LogP contribution in [0.15, 0.2) is 51.4 Å². The molecule has 0 aliphatic heterocycles. The summed E-state index contributed by atoms with van der Waals surface area (Å²) in [6.45, 7) is 0. The third-order valence-electron chi connectivity index (χ3n) is 2.99. The lowest BCUT2D eigenvalue weighted by Crippen LogP contribution is -1.98. The van der Waals surface area contributed by atoms with Gasteiger partial charge in [-0.2, -0.15) is 0 Å². The average Bonchev–Trinajstić information content (AvgIpc) is 2.83. The maximum atomic E-state index is 5.78. The maximum absolute atomic E-state index is 5.78. The summed E-state index contributed by atoms with van der Waals surface area (Å²) < 4.78 is 8.08. The van der Waals surface area contributed by atoms with Gasteiger partial charge in [-0.3, -0.25) is 0 Å². The fourth-order valence-electron chi connectivity index (χ4n) is 2.03. The highest BCUT2D eigenvalue weighted by atomic mass is 127. The van der Waals surface area contributed by atoms with Gasteiger partial charge in [-0.15, -0.1) is 0 Å². The van der Waals surface area contributed by atoms with E-state index in [9.17, 15) is 0 Å². The zero-order chi connectivity index (χ0) is 14.1. The number of oxazole rings is 1. The second-order valence-corrected chi connectivity index (χ2v) is 7.60. The number of fused-ring (bicyclic) bond motifs is 1. The van der Waals surface area contributed by atoms with E-state index in [1.165, 1.54) is 9.13 Å². The van der Waals surface area contributed by atoms with Crippen LogP contribution in [0.4, 0.5) is 0 Å². The molecule has 0 fully saturated rings. The number of halogens is 3. The van der Waals surface area contributed by atoms with E-state index in [4.69, 9.17) is 4.42 Å². The van der Waals surface area contributed by atoms with Crippen molar-refractivity contribution in [2.75, 3.05) is 0 Å². The molecule has 0 saturated heterocycles. The molecule has 0 radical (unpaired) electrons. The Morgan fingerprint density at radius 1 is 1.20 bits per heavy atom. The van der Waals surface area contributed by atoms with Gasteiger partial charge in [-0.1, -0.05) is 44.0 Å². The van der Waals surface area contributed by atoms with E-state index >= 15 is 0 Å². The van der Waals surface area contributed by atoms with Crippen molar-refractivity contribution in [1.29, 1.82) is 0 Å². The third kappa shape index (κ3) is 3.09. The molecule has 1 atom stereocenters. The predicted octanol–water partition coefficient (Wildman–Crippen LogP) is 5.87. The highest BCUT2D eigenvalue weighted by Gasteiger charge is 2.16. The van der Waals surface area contributed by atoms with Gasteiger partial charge in [-0.05, 0) is 58.5 Å². The molecular weight excluding hydrogens is 497 g/mol. The van der Waals surface area contributed by atoms with E-state index in [-0.39, 0.29) is 4.83 Å².